The minimum atomic E-state index is -0.369. The maximum atomic E-state index is 12.8. The molecule has 2 heterocycles. The molecule has 120 valence electrons. The molecule has 0 unspecified atom stereocenters. The summed E-state index contributed by atoms with van der Waals surface area (Å²) in [5, 5.41) is 7.36. The first kappa shape index (κ1) is 15.6. The van der Waals surface area contributed by atoms with Crippen molar-refractivity contribution in [1.82, 2.24) is 15.1 Å². The third kappa shape index (κ3) is 2.82. The fourth-order valence-corrected chi connectivity index (χ4v) is 3.22. The highest BCUT2D eigenvalue weighted by molar-refractivity contribution is 6.33. The van der Waals surface area contributed by atoms with Crippen LogP contribution in [-0.2, 0) is 4.79 Å². The van der Waals surface area contributed by atoms with Crippen molar-refractivity contribution in [2.45, 2.75) is 6.92 Å². The van der Waals surface area contributed by atoms with Gasteiger partial charge < -0.3 is 10.6 Å². The zero-order valence-corrected chi connectivity index (χ0v) is 13.4. The number of carbonyl (C=O) groups is 2. The minimum absolute atomic E-state index is 0.0483. The van der Waals surface area contributed by atoms with E-state index in [1.807, 2.05) is 25.1 Å². The Morgan fingerprint density at radius 1 is 1.35 bits per heavy atom. The molecular formula is C16H17ClN4O2. The van der Waals surface area contributed by atoms with Crippen molar-refractivity contribution in [3.63, 3.8) is 0 Å². The van der Waals surface area contributed by atoms with Crippen molar-refractivity contribution < 1.29 is 9.59 Å². The molecule has 3 N–H and O–H groups in total. The Morgan fingerprint density at radius 2 is 2.09 bits per heavy atom. The summed E-state index contributed by atoms with van der Waals surface area (Å²) in [6.45, 7) is 2.76. The van der Waals surface area contributed by atoms with Crippen LogP contribution in [0.3, 0.4) is 0 Å². The molecule has 3 rings (SSSR count). The van der Waals surface area contributed by atoms with Gasteiger partial charge in [-0.15, -0.1) is 0 Å². The van der Waals surface area contributed by atoms with Crippen LogP contribution >= 0.6 is 11.6 Å². The number of amides is 2. The second kappa shape index (κ2) is 6.04. The molecule has 0 saturated carbocycles. The molecule has 1 aliphatic rings. The van der Waals surface area contributed by atoms with Crippen molar-refractivity contribution in [1.29, 1.82) is 0 Å². The number of benzene rings is 1. The molecule has 1 aromatic heterocycles. The highest BCUT2D eigenvalue weighted by Gasteiger charge is 2.37. The Hall–Kier alpha value is -2.34. The predicted molar refractivity (Wildman–Crippen MR) is 86.8 cm³/mol. The second-order valence-corrected chi connectivity index (χ2v) is 6.24. The molecule has 1 aliphatic heterocycles. The van der Waals surface area contributed by atoms with Gasteiger partial charge in [-0.2, -0.15) is 5.10 Å². The lowest BCUT2D eigenvalue weighted by Gasteiger charge is -2.16. The van der Waals surface area contributed by atoms with E-state index in [0.29, 0.717) is 34.9 Å². The maximum Gasteiger partial charge on any atom is 0.257 e. The number of carbonyl (C=O) groups excluding carboxylic acids is 2. The summed E-state index contributed by atoms with van der Waals surface area (Å²) in [6, 6.07) is 7.25. The van der Waals surface area contributed by atoms with Crippen LogP contribution in [0.1, 0.15) is 17.3 Å². The average Bonchev–Trinajstić information content (AvgIpc) is 3.13. The molecule has 0 radical (unpaired) electrons. The van der Waals surface area contributed by atoms with Gasteiger partial charge in [0, 0.05) is 23.7 Å². The Kier molecular flexibility index (Phi) is 4.09. The fraction of sp³-hybridized carbons (Fsp3) is 0.312. The summed E-state index contributed by atoms with van der Waals surface area (Å²) >= 11 is 6.21. The molecule has 2 atom stereocenters. The Bertz CT molecular complexity index is 758. The Labute approximate surface area is 138 Å². The lowest BCUT2D eigenvalue weighted by Crippen LogP contribution is -2.32. The van der Waals surface area contributed by atoms with Gasteiger partial charge in [0.2, 0.25) is 5.91 Å². The van der Waals surface area contributed by atoms with E-state index in [-0.39, 0.29) is 23.7 Å². The topological polar surface area (TPSA) is 92.1 Å². The standard InChI is InChI=1S/C16H17ClN4O2/c1-9-7-21(8-12(9)15(18)22)16(23)11-6-19-20-14(11)10-4-2-3-5-13(10)17/h2-6,9,12H,7-8H2,1H3,(H2,18,22)(H,19,20)/t9-,12-/m1/s1. The van der Waals surface area contributed by atoms with Crippen molar-refractivity contribution >= 4 is 23.4 Å². The quantitative estimate of drug-likeness (QED) is 0.899. The van der Waals surface area contributed by atoms with E-state index >= 15 is 0 Å². The van der Waals surface area contributed by atoms with E-state index in [1.165, 1.54) is 6.20 Å². The number of aromatic nitrogens is 2. The van der Waals surface area contributed by atoms with Crippen LogP contribution in [-0.4, -0.2) is 40.0 Å². The van der Waals surface area contributed by atoms with Crippen LogP contribution < -0.4 is 5.73 Å². The number of nitrogens with two attached hydrogens (primary N) is 1. The number of aromatic amines is 1. The minimum Gasteiger partial charge on any atom is -0.369 e. The van der Waals surface area contributed by atoms with Gasteiger partial charge in [0.05, 0.1) is 23.4 Å². The molecule has 2 aromatic rings. The number of primary amides is 1. The Balaban J connectivity index is 1.90. The zero-order chi connectivity index (χ0) is 16.6. The Morgan fingerprint density at radius 3 is 2.74 bits per heavy atom. The van der Waals surface area contributed by atoms with E-state index in [2.05, 4.69) is 10.2 Å². The summed E-state index contributed by atoms with van der Waals surface area (Å²) in [5.74, 6) is -0.808. The first-order chi connectivity index (χ1) is 11.0. The van der Waals surface area contributed by atoms with Crippen LogP contribution in [0.5, 0.6) is 0 Å². The monoisotopic (exact) mass is 332 g/mol. The fourth-order valence-electron chi connectivity index (χ4n) is 2.99. The molecule has 0 bridgehead atoms. The summed E-state index contributed by atoms with van der Waals surface area (Å²) in [7, 11) is 0. The third-order valence-electron chi connectivity index (χ3n) is 4.28. The molecule has 1 aromatic carbocycles. The highest BCUT2D eigenvalue weighted by Crippen LogP contribution is 2.31. The van der Waals surface area contributed by atoms with Gasteiger partial charge in [0.25, 0.3) is 5.91 Å². The van der Waals surface area contributed by atoms with Gasteiger partial charge in [0.15, 0.2) is 0 Å². The van der Waals surface area contributed by atoms with Crippen molar-refractivity contribution in [2.75, 3.05) is 13.1 Å². The first-order valence-electron chi connectivity index (χ1n) is 7.36. The lowest BCUT2D eigenvalue weighted by molar-refractivity contribution is -0.122. The number of nitrogens with one attached hydrogen (secondary N) is 1. The largest absolute Gasteiger partial charge is 0.369 e. The number of halogens is 1. The van der Waals surface area contributed by atoms with Crippen molar-refractivity contribution in [3.05, 3.63) is 41.0 Å². The molecule has 0 aliphatic carbocycles. The van der Waals surface area contributed by atoms with Crippen LogP contribution in [0.4, 0.5) is 0 Å². The van der Waals surface area contributed by atoms with E-state index < -0.39 is 0 Å². The van der Waals surface area contributed by atoms with Crippen molar-refractivity contribution in [2.24, 2.45) is 17.6 Å². The van der Waals surface area contributed by atoms with Gasteiger partial charge in [-0.25, -0.2) is 0 Å². The van der Waals surface area contributed by atoms with Crippen LogP contribution in [0.15, 0.2) is 30.5 Å². The van der Waals surface area contributed by atoms with E-state index in [1.54, 1.807) is 11.0 Å². The molecule has 23 heavy (non-hydrogen) atoms. The SMILES string of the molecule is C[C@@H]1CN(C(=O)c2cn[nH]c2-c2ccccc2Cl)C[C@H]1C(N)=O. The van der Waals surface area contributed by atoms with Gasteiger partial charge in [-0.3, -0.25) is 14.7 Å². The summed E-state index contributed by atoms with van der Waals surface area (Å²) < 4.78 is 0. The van der Waals surface area contributed by atoms with E-state index in [9.17, 15) is 9.59 Å². The molecule has 2 amide bonds. The normalized spacial score (nSPS) is 20.7. The maximum absolute atomic E-state index is 12.8. The third-order valence-corrected chi connectivity index (χ3v) is 4.61. The van der Waals surface area contributed by atoms with Crippen LogP contribution in [0, 0.1) is 11.8 Å². The first-order valence-corrected chi connectivity index (χ1v) is 7.73. The van der Waals surface area contributed by atoms with Crippen LogP contribution in [0.2, 0.25) is 5.02 Å². The van der Waals surface area contributed by atoms with Crippen LogP contribution in [0.25, 0.3) is 11.3 Å². The number of nitrogens with zero attached hydrogens (tertiary/aromatic N) is 2. The van der Waals surface area contributed by atoms with Gasteiger partial charge in [0.1, 0.15) is 0 Å². The average molecular weight is 333 g/mol. The summed E-state index contributed by atoms with van der Waals surface area (Å²) in [6.07, 6.45) is 1.49. The summed E-state index contributed by atoms with van der Waals surface area (Å²) in [5.41, 5.74) is 7.13. The molecule has 1 saturated heterocycles. The second-order valence-electron chi connectivity index (χ2n) is 5.83. The molecular weight excluding hydrogens is 316 g/mol. The van der Waals surface area contributed by atoms with Gasteiger partial charge in [-0.05, 0) is 12.0 Å². The number of likely N-dealkylation sites (tertiary alicyclic amines) is 1. The molecule has 7 heteroatoms. The number of H-pyrrole nitrogens is 1. The van der Waals surface area contributed by atoms with Crippen molar-refractivity contribution in [3.8, 4) is 11.3 Å². The van der Waals surface area contributed by atoms with E-state index in [4.69, 9.17) is 17.3 Å². The predicted octanol–water partition coefficient (Wildman–Crippen LogP) is 1.92. The molecule has 1 fully saturated rings. The summed E-state index contributed by atoms with van der Waals surface area (Å²) in [4.78, 5) is 25.9. The number of hydrogen-bond acceptors (Lipinski definition) is 3. The number of hydrogen-bond donors (Lipinski definition) is 2. The van der Waals surface area contributed by atoms with E-state index in [0.717, 1.165) is 0 Å². The lowest BCUT2D eigenvalue weighted by atomic mass is 9.98. The molecule has 0 spiro atoms. The smallest absolute Gasteiger partial charge is 0.257 e. The van der Waals surface area contributed by atoms with Gasteiger partial charge >= 0.3 is 0 Å². The molecule has 6 nitrogen and oxygen atoms in total. The van der Waals surface area contributed by atoms with Gasteiger partial charge in [-0.1, -0.05) is 36.7 Å². The number of rotatable bonds is 3. The highest BCUT2D eigenvalue weighted by atomic mass is 35.5. The zero-order valence-electron chi connectivity index (χ0n) is 12.6.